The molecule has 0 fully saturated rings. The fourth-order valence-corrected chi connectivity index (χ4v) is 2.75. The number of methoxy groups -OCH3 is 1. The maximum Gasteiger partial charge on any atom is 0.263 e. The fourth-order valence-electron chi connectivity index (χ4n) is 2.75. The van der Waals surface area contributed by atoms with Crippen LogP contribution in [0, 0.1) is 0 Å². The Kier molecular flexibility index (Phi) is 4.88. The van der Waals surface area contributed by atoms with Gasteiger partial charge in [0, 0.05) is 13.5 Å². The first-order valence-corrected chi connectivity index (χ1v) is 8.03. The zero-order chi connectivity index (χ0) is 17.8. The van der Waals surface area contributed by atoms with E-state index in [0.717, 1.165) is 11.3 Å². The number of para-hydroxylation sites is 2. The predicted molar refractivity (Wildman–Crippen MR) is 93.7 cm³/mol. The summed E-state index contributed by atoms with van der Waals surface area (Å²) < 4.78 is 11.0. The maximum atomic E-state index is 12.5. The van der Waals surface area contributed by atoms with E-state index in [0.29, 0.717) is 18.0 Å². The van der Waals surface area contributed by atoms with Crippen molar-refractivity contribution in [2.75, 3.05) is 18.6 Å². The van der Waals surface area contributed by atoms with Gasteiger partial charge in [0.25, 0.3) is 5.91 Å². The molecule has 1 atom stereocenters. The number of hydrogen-bond acceptors (Lipinski definition) is 4. The van der Waals surface area contributed by atoms with Crippen molar-refractivity contribution in [2.24, 2.45) is 0 Å². The summed E-state index contributed by atoms with van der Waals surface area (Å²) in [6.45, 7) is 2.03. The third kappa shape index (κ3) is 3.74. The monoisotopic (exact) mass is 340 g/mol. The average Bonchev–Trinajstić information content (AvgIpc) is 2.65. The van der Waals surface area contributed by atoms with Crippen molar-refractivity contribution in [2.45, 2.75) is 19.6 Å². The molecule has 0 aromatic heterocycles. The minimum Gasteiger partial charge on any atom is -0.497 e. The Balaban J connectivity index is 1.69. The molecule has 1 N–H and O–H groups in total. The van der Waals surface area contributed by atoms with Crippen LogP contribution in [-0.4, -0.2) is 31.6 Å². The van der Waals surface area contributed by atoms with Gasteiger partial charge in [0.05, 0.1) is 19.3 Å². The van der Waals surface area contributed by atoms with Crippen LogP contribution in [0.15, 0.2) is 48.5 Å². The van der Waals surface area contributed by atoms with Crippen LogP contribution in [-0.2, 0) is 16.1 Å². The summed E-state index contributed by atoms with van der Waals surface area (Å²) in [7, 11) is 1.60. The first-order valence-electron chi connectivity index (χ1n) is 8.03. The standard InChI is InChI=1S/C19H20N2O4/c1-13(22)21-12-18(25-17-9-4-3-8-16(17)21)19(23)20-11-14-6-5-7-15(10-14)24-2/h3-10,18H,11-12H2,1-2H3,(H,20,23)/t18-/m0/s1. The third-order valence-electron chi connectivity index (χ3n) is 4.05. The number of benzene rings is 2. The molecule has 2 aromatic rings. The summed E-state index contributed by atoms with van der Waals surface area (Å²) in [5.74, 6) is 0.882. The Morgan fingerprint density at radius 3 is 2.80 bits per heavy atom. The number of fused-ring (bicyclic) bond motifs is 1. The summed E-state index contributed by atoms with van der Waals surface area (Å²) >= 11 is 0. The topological polar surface area (TPSA) is 67.9 Å². The zero-order valence-electron chi connectivity index (χ0n) is 14.2. The highest BCUT2D eigenvalue weighted by Gasteiger charge is 2.32. The fraction of sp³-hybridized carbons (Fsp3) is 0.263. The molecule has 25 heavy (non-hydrogen) atoms. The van der Waals surface area contributed by atoms with Crippen LogP contribution >= 0.6 is 0 Å². The first-order chi connectivity index (χ1) is 12.1. The summed E-state index contributed by atoms with van der Waals surface area (Å²) in [5.41, 5.74) is 1.61. The van der Waals surface area contributed by atoms with Crippen molar-refractivity contribution in [3.63, 3.8) is 0 Å². The van der Waals surface area contributed by atoms with E-state index < -0.39 is 6.10 Å². The van der Waals surface area contributed by atoms with Gasteiger partial charge in [-0.05, 0) is 29.8 Å². The zero-order valence-corrected chi connectivity index (χ0v) is 14.2. The molecule has 3 rings (SSSR count). The van der Waals surface area contributed by atoms with Gasteiger partial charge in [-0.25, -0.2) is 0 Å². The number of nitrogens with zero attached hydrogens (tertiary/aromatic N) is 1. The molecule has 6 heteroatoms. The van der Waals surface area contributed by atoms with Gasteiger partial charge in [-0.1, -0.05) is 24.3 Å². The molecule has 1 heterocycles. The van der Waals surface area contributed by atoms with Crippen molar-refractivity contribution >= 4 is 17.5 Å². The predicted octanol–water partition coefficient (Wildman–Crippen LogP) is 2.13. The number of nitrogens with one attached hydrogen (secondary N) is 1. The van der Waals surface area contributed by atoms with E-state index in [1.54, 1.807) is 24.1 Å². The summed E-state index contributed by atoms with van der Waals surface area (Å²) in [6.07, 6.45) is -0.746. The molecule has 2 amide bonds. The lowest BCUT2D eigenvalue weighted by Crippen LogP contribution is -2.50. The molecule has 0 saturated carbocycles. The lowest BCUT2D eigenvalue weighted by atomic mass is 10.1. The number of amides is 2. The van der Waals surface area contributed by atoms with Crippen LogP contribution in [0.25, 0.3) is 0 Å². The number of rotatable bonds is 4. The van der Waals surface area contributed by atoms with E-state index in [1.165, 1.54) is 6.92 Å². The lowest BCUT2D eigenvalue weighted by molar-refractivity contribution is -0.128. The molecule has 6 nitrogen and oxygen atoms in total. The number of ether oxygens (including phenoxy) is 2. The Bertz CT molecular complexity index is 790. The second-order valence-electron chi connectivity index (χ2n) is 5.77. The van der Waals surface area contributed by atoms with Gasteiger partial charge in [0.2, 0.25) is 5.91 Å². The van der Waals surface area contributed by atoms with Gasteiger partial charge in [0.15, 0.2) is 6.10 Å². The maximum absolute atomic E-state index is 12.5. The van der Waals surface area contributed by atoms with Crippen molar-refractivity contribution in [3.8, 4) is 11.5 Å². The second kappa shape index (κ2) is 7.25. The van der Waals surface area contributed by atoms with Gasteiger partial charge in [-0.3, -0.25) is 9.59 Å². The average molecular weight is 340 g/mol. The molecule has 0 spiro atoms. The SMILES string of the molecule is COc1cccc(CNC(=O)[C@@H]2CN(C(C)=O)c3ccccc3O2)c1. The third-order valence-corrected chi connectivity index (χ3v) is 4.05. The number of hydrogen-bond donors (Lipinski definition) is 1. The van der Waals surface area contributed by atoms with Gasteiger partial charge in [-0.15, -0.1) is 0 Å². The molecule has 0 bridgehead atoms. The van der Waals surface area contributed by atoms with Crippen molar-refractivity contribution < 1.29 is 19.1 Å². The van der Waals surface area contributed by atoms with Crippen molar-refractivity contribution in [1.29, 1.82) is 0 Å². The smallest absolute Gasteiger partial charge is 0.263 e. The van der Waals surface area contributed by atoms with E-state index >= 15 is 0 Å². The highest BCUT2D eigenvalue weighted by molar-refractivity contribution is 5.95. The minimum atomic E-state index is -0.746. The Labute approximate surface area is 146 Å². The van der Waals surface area contributed by atoms with Crippen LogP contribution in [0.1, 0.15) is 12.5 Å². The molecule has 2 aromatic carbocycles. The van der Waals surface area contributed by atoms with E-state index in [2.05, 4.69) is 5.32 Å². The molecular weight excluding hydrogens is 320 g/mol. The van der Waals surface area contributed by atoms with E-state index in [9.17, 15) is 9.59 Å². The van der Waals surface area contributed by atoms with Crippen LogP contribution < -0.4 is 19.7 Å². The van der Waals surface area contributed by atoms with Gasteiger partial charge >= 0.3 is 0 Å². The molecule has 0 aliphatic carbocycles. The molecule has 0 unspecified atom stereocenters. The largest absolute Gasteiger partial charge is 0.497 e. The number of carbonyl (C=O) groups excluding carboxylic acids is 2. The molecule has 1 aliphatic heterocycles. The van der Waals surface area contributed by atoms with Crippen LogP contribution in [0.2, 0.25) is 0 Å². The van der Waals surface area contributed by atoms with E-state index in [4.69, 9.17) is 9.47 Å². The van der Waals surface area contributed by atoms with Gasteiger partial charge in [0.1, 0.15) is 11.5 Å². The van der Waals surface area contributed by atoms with E-state index in [1.807, 2.05) is 36.4 Å². The summed E-state index contributed by atoms with van der Waals surface area (Å²) in [5, 5.41) is 2.85. The van der Waals surface area contributed by atoms with Gasteiger partial charge in [-0.2, -0.15) is 0 Å². The Morgan fingerprint density at radius 2 is 2.04 bits per heavy atom. The number of carbonyl (C=O) groups is 2. The van der Waals surface area contributed by atoms with Gasteiger partial charge < -0.3 is 19.7 Å². The van der Waals surface area contributed by atoms with Crippen LogP contribution in [0.4, 0.5) is 5.69 Å². The molecule has 130 valence electrons. The number of anilines is 1. The van der Waals surface area contributed by atoms with Crippen LogP contribution in [0.5, 0.6) is 11.5 Å². The summed E-state index contributed by atoms with van der Waals surface area (Å²) in [4.78, 5) is 26.0. The normalized spacial score (nSPS) is 15.8. The Morgan fingerprint density at radius 1 is 1.24 bits per heavy atom. The molecule has 0 radical (unpaired) electrons. The molecule has 1 aliphatic rings. The lowest BCUT2D eigenvalue weighted by Gasteiger charge is -2.33. The molecule has 0 saturated heterocycles. The van der Waals surface area contributed by atoms with Crippen LogP contribution in [0.3, 0.4) is 0 Å². The second-order valence-corrected chi connectivity index (χ2v) is 5.77. The Hall–Kier alpha value is -3.02. The highest BCUT2D eigenvalue weighted by Crippen LogP contribution is 2.33. The minimum absolute atomic E-state index is 0.124. The quantitative estimate of drug-likeness (QED) is 0.926. The van der Waals surface area contributed by atoms with Crippen molar-refractivity contribution in [1.82, 2.24) is 5.32 Å². The highest BCUT2D eigenvalue weighted by atomic mass is 16.5. The van der Waals surface area contributed by atoms with Crippen molar-refractivity contribution in [3.05, 3.63) is 54.1 Å². The van der Waals surface area contributed by atoms with E-state index in [-0.39, 0.29) is 18.4 Å². The first kappa shape index (κ1) is 16.8. The molecular formula is C19H20N2O4. The summed E-state index contributed by atoms with van der Waals surface area (Å²) in [6, 6.07) is 14.7.